The highest BCUT2D eigenvalue weighted by atomic mass is 32.1. The summed E-state index contributed by atoms with van der Waals surface area (Å²) >= 11 is 0.701. The third-order valence-corrected chi connectivity index (χ3v) is 10.7. The Balaban J connectivity index is 1.47. The number of likely N-dealkylation sites (N-methyl/N-ethyl adjacent to an activating group) is 1. The maximum atomic E-state index is 17.0. The SMILES string of the molecule is CCN(c1nc(OC[C@@]23CCCN2C[C@H](F)C3)nc2c(F)c(-c3ccc(F)c4sc(N)c(C#N)c34)c(C(F)(F)F)cc12)[C@@H]1CCNC1. The van der Waals surface area contributed by atoms with E-state index in [1.165, 1.54) is 0 Å². The molecule has 2 aromatic heterocycles. The van der Waals surface area contributed by atoms with E-state index in [-0.39, 0.29) is 69.0 Å². The molecule has 3 saturated heterocycles. The number of nitrogens with zero attached hydrogens (tertiary/aromatic N) is 5. The van der Waals surface area contributed by atoms with Crippen LogP contribution in [0.5, 0.6) is 6.01 Å². The lowest BCUT2D eigenvalue weighted by Gasteiger charge is -2.32. The number of nitrogen functional groups attached to an aromatic ring is 1. The van der Waals surface area contributed by atoms with Crippen LogP contribution in [0, 0.1) is 23.0 Å². The molecule has 0 radical (unpaired) electrons. The molecule has 3 atom stereocenters. The third kappa shape index (κ3) is 5.21. The van der Waals surface area contributed by atoms with Gasteiger partial charge in [-0.15, -0.1) is 11.3 Å². The predicted octanol–water partition coefficient (Wildman–Crippen LogP) is 6.41. The number of ether oxygens (including phenoxy) is 1. The van der Waals surface area contributed by atoms with Gasteiger partial charge in [0, 0.05) is 48.4 Å². The molecule has 5 heterocycles. The largest absolute Gasteiger partial charge is 0.461 e. The molecule has 8 nitrogen and oxygen atoms in total. The number of alkyl halides is 4. The first-order chi connectivity index (χ1) is 22.5. The Hall–Kier alpha value is -3.87. The second kappa shape index (κ2) is 11.7. The molecule has 0 spiro atoms. The van der Waals surface area contributed by atoms with Crippen LogP contribution in [0.2, 0.25) is 0 Å². The van der Waals surface area contributed by atoms with E-state index in [0.29, 0.717) is 50.4 Å². The van der Waals surface area contributed by atoms with Crippen LogP contribution in [0.15, 0.2) is 18.2 Å². The number of fused-ring (bicyclic) bond motifs is 3. The number of halogens is 6. The van der Waals surface area contributed by atoms with Crippen molar-refractivity contribution in [3.05, 3.63) is 41.0 Å². The van der Waals surface area contributed by atoms with Gasteiger partial charge in [-0.2, -0.15) is 28.4 Å². The maximum absolute atomic E-state index is 17.0. The lowest BCUT2D eigenvalue weighted by atomic mass is 9.92. The summed E-state index contributed by atoms with van der Waals surface area (Å²) in [6.45, 7) is 4.44. The Morgan fingerprint density at radius 2 is 2.09 bits per heavy atom. The number of nitrogens with one attached hydrogen (secondary N) is 1. The zero-order valence-corrected chi connectivity index (χ0v) is 26.2. The van der Waals surface area contributed by atoms with Gasteiger partial charge in [0.15, 0.2) is 5.82 Å². The van der Waals surface area contributed by atoms with Crippen molar-refractivity contribution >= 4 is 43.1 Å². The van der Waals surface area contributed by atoms with Crippen molar-refractivity contribution in [1.29, 1.82) is 5.26 Å². The van der Waals surface area contributed by atoms with Gasteiger partial charge in [-0.05, 0) is 57.0 Å². The highest BCUT2D eigenvalue weighted by molar-refractivity contribution is 7.23. The molecule has 4 aromatic rings. The molecule has 0 saturated carbocycles. The monoisotopic (exact) mass is 675 g/mol. The van der Waals surface area contributed by atoms with E-state index in [9.17, 15) is 27.2 Å². The van der Waals surface area contributed by atoms with Gasteiger partial charge in [0.2, 0.25) is 0 Å². The molecule has 3 aliphatic heterocycles. The van der Waals surface area contributed by atoms with Gasteiger partial charge in [-0.3, -0.25) is 4.90 Å². The zero-order valence-electron chi connectivity index (χ0n) is 25.4. The number of thiophene rings is 1. The minimum absolute atomic E-state index is 0.0306. The lowest BCUT2D eigenvalue weighted by molar-refractivity contribution is -0.137. The maximum Gasteiger partial charge on any atom is 0.417 e. The molecule has 0 unspecified atom stereocenters. The van der Waals surface area contributed by atoms with Crippen LogP contribution in [0.25, 0.3) is 32.1 Å². The van der Waals surface area contributed by atoms with E-state index in [1.54, 1.807) is 0 Å². The van der Waals surface area contributed by atoms with Crippen molar-refractivity contribution < 1.29 is 31.1 Å². The number of hydrogen-bond donors (Lipinski definition) is 2. The van der Waals surface area contributed by atoms with E-state index in [2.05, 4.69) is 15.3 Å². The van der Waals surface area contributed by atoms with E-state index >= 15 is 4.39 Å². The molecular weight excluding hydrogens is 644 g/mol. The molecule has 47 heavy (non-hydrogen) atoms. The molecule has 3 aliphatic rings. The standard InChI is InChI=1S/C32H31F6N7OS/c1-2-45(17-6-8-41-13-17)29-19-10-21(32(36,37)38)24(18-4-5-22(34)27-23(18)20(12-39)28(40)47-27)25(35)26(19)42-30(43-29)46-15-31-7-3-9-44(31)14-16(33)11-31/h4-5,10,16-17,41H,2-3,6-9,11,13-15,40H2,1H3/t16-,17-,31+/m1/s1. The Morgan fingerprint density at radius 1 is 1.28 bits per heavy atom. The van der Waals surface area contributed by atoms with Crippen LogP contribution in [0.3, 0.4) is 0 Å². The fourth-order valence-electron chi connectivity index (χ4n) is 7.60. The highest BCUT2D eigenvalue weighted by Gasteiger charge is 2.49. The quantitative estimate of drug-likeness (QED) is 0.217. The van der Waals surface area contributed by atoms with E-state index in [4.69, 9.17) is 10.5 Å². The van der Waals surface area contributed by atoms with Gasteiger partial charge < -0.3 is 20.7 Å². The Bertz CT molecular complexity index is 1920. The van der Waals surface area contributed by atoms with Crippen molar-refractivity contribution in [2.75, 3.05) is 50.0 Å². The van der Waals surface area contributed by atoms with Crippen LogP contribution in [-0.2, 0) is 6.18 Å². The van der Waals surface area contributed by atoms with E-state index in [1.807, 2.05) is 22.8 Å². The average molecular weight is 676 g/mol. The van der Waals surface area contributed by atoms with E-state index in [0.717, 1.165) is 24.6 Å². The number of nitrogens with two attached hydrogens (primary N) is 1. The minimum Gasteiger partial charge on any atom is -0.461 e. The summed E-state index contributed by atoms with van der Waals surface area (Å²) in [6.07, 6.45) is -3.57. The molecule has 0 bridgehead atoms. The minimum atomic E-state index is -5.06. The molecule has 3 N–H and O–H groups in total. The Kier molecular flexibility index (Phi) is 7.88. The van der Waals surface area contributed by atoms with Gasteiger partial charge in [-0.1, -0.05) is 6.07 Å². The third-order valence-electron chi connectivity index (χ3n) is 9.71. The molecule has 7 rings (SSSR count). The van der Waals surface area contributed by atoms with Gasteiger partial charge in [-0.25, -0.2) is 13.2 Å². The van der Waals surface area contributed by atoms with Crippen molar-refractivity contribution in [3.63, 3.8) is 0 Å². The van der Waals surface area contributed by atoms with Gasteiger partial charge >= 0.3 is 12.2 Å². The summed E-state index contributed by atoms with van der Waals surface area (Å²) < 4.78 is 97.0. The first kappa shape index (κ1) is 31.7. The summed E-state index contributed by atoms with van der Waals surface area (Å²) in [5, 5.41) is 12.6. The predicted molar refractivity (Wildman–Crippen MR) is 167 cm³/mol. The Morgan fingerprint density at radius 3 is 2.79 bits per heavy atom. The summed E-state index contributed by atoms with van der Waals surface area (Å²) in [5.74, 6) is -2.05. The number of benzene rings is 2. The zero-order chi connectivity index (χ0) is 33.2. The van der Waals surface area contributed by atoms with E-state index < -0.39 is 46.2 Å². The van der Waals surface area contributed by atoms with Crippen LogP contribution in [0.4, 0.5) is 37.2 Å². The van der Waals surface area contributed by atoms with Crippen LogP contribution in [0.1, 0.15) is 43.7 Å². The molecule has 0 aliphatic carbocycles. The van der Waals surface area contributed by atoms with Gasteiger partial charge in [0.1, 0.15) is 41.0 Å². The molecule has 0 amide bonds. The molecule has 15 heteroatoms. The second-order valence-corrected chi connectivity index (χ2v) is 13.4. The summed E-state index contributed by atoms with van der Waals surface area (Å²) in [7, 11) is 0. The van der Waals surface area contributed by atoms with Crippen LogP contribution in [-0.4, -0.2) is 72.0 Å². The summed E-state index contributed by atoms with van der Waals surface area (Å²) in [5.41, 5.74) is 2.15. The molecule has 248 valence electrons. The number of aromatic nitrogens is 2. The average Bonchev–Trinajstić information content (AvgIpc) is 3.81. The van der Waals surface area contributed by atoms with Crippen molar-refractivity contribution in [2.24, 2.45) is 0 Å². The summed E-state index contributed by atoms with van der Waals surface area (Å²) in [4.78, 5) is 12.8. The van der Waals surface area contributed by atoms with Crippen molar-refractivity contribution in [2.45, 2.75) is 56.5 Å². The molecule has 2 aromatic carbocycles. The summed E-state index contributed by atoms with van der Waals surface area (Å²) in [6, 6.07) is 4.21. The fraction of sp³-hybridized carbons (Fsp3) is 0.469. The Labute approximate surface area is 270 Å². The first-order valence-corrected chi connectivity index (χ1v) is 16.3. The molecular formula is C32H31F6N7OS. The van der Waals surface area contributed by atoms with Gasteiger partial charge in [0.05, 0.1) is 21.4 Å². The number of anilines is 2. The normalized spacial score (nSPS) is 23.1. The fourth-order valence-corrected chi connectivity index (χ4v) is 8.55. The lowest BCUT2D eigenvalue weighted by Crippen LogP contribution is -2.43. The number of rotatable bonds is 7. The van der Waals surface area contributed by atoms with Crippen LogP contribution < -0.4 is 20.7 Å². The first-order valence-electron chi connectivity index (χ1n) is 15.5. The topological polar surface area (TPSA) is 103 Å². The van der Waals surface area contributed by atoms with Crippen molar-refractivity contribution in [3.8, 4) is 23.2 Å². The smallest absolute Gasteiger partial charge is 0.417 e. The highest BCUT2D eigenvalue weighted by Crippen LogP contribution is 2.48. The van der Waals surface area contributed by atoms with Crippen LogP contribution >= 0.6 is 11.3 Å². The van der Waals surface area contributed by atoms with Gasteiger partial charge in [0.25, 0.3) is 0 Å². The second-order valence-electron chi connectivity index (χ2n) is 12.4. The van der Waals surface area contributed by atoms with Crippen molar-refractivity contribution in [1.82, 2.24) is 20.2 Å². The number of nitriles is 1. The molecule has 3 fully saturated rings. The number of hydrogen-bond acceptors (Lipinski definition) is 9.